The Bertz CT molecular complexity index is 982. The van der Waals surface area contributed by atoms with Gasteiger partial charge in [-0.1, -0.05) is 29.8 Å². The van der Waals surface area contributed by atoms with Crippen LogP contribution < -0.4 is 10.2 Å². The molecule has 7 nitrogen and oxygen atoms in total. The van der Waals surface area contributed by atoms with Gasteiger partial charge in [-0.15, -0.1) is 0 Å². The zero-order valence-electron chi connectivity index (χ0n) is 14.9. The monoisotopic (exact) mass is 386 g/mol. The van der Waals surface area contributed by atoms with Crippen molar-refractivity contribution in [2.75, 3.05) is 31.2 Å². The van der Waals surface area contributed by atoms with E-state index in [2.05, 4.69) is 20.2 Å². The van der Waals surface area contributed by atoms with Gasteiger partial charge in [-0.2, -0.15) is 0 Å². The molecule has 0 atom stereocenters. The topological polar surface area (TPSA) is 80.5 Å². The number of benzene rings is 1. The Balaban J connectivity index is 1.67. The van der Waals surface area contributed by atoms with Crippen LogP contribution in [-0.2, 0) is 11.3 Å². The van der Waals surface area contributed by atoms with E-state index in [-0.39, 0.29) is 5.91 Å². The van der Waals surface area contributed by atoms with Gasteiger partial charge in [-0.05, 0) is 18.6 Å². The molecule has 4 rings (SSSR count). The third kappa shape index (κ3) is 3.48. The lowest BCUT2D eigenvalue weighted by Crippen LogP contribution is -2.37. The molecule has 8 heteroatoms. The predicted octanol–water partition coefficient (Wildman–Crippen LogP) is 2.95. The van der Waals surface area contributed by atoms with Crippen molar-refractivity contribution < 1.29 is 13.9 Å². The largest absolute Gasteiger partial charge is 0.442 e. The number of carbonyl (C=O) groups is 1. The van der Waals surface area contributed by atoms with Crippen molar-refractivity contribution in [2.24, 2.45) is 0 Å². The van der Waals surface area contributed by atoms with Gasteiger partial charge in [0.15, 0.2) is 0 Å². The van der Waals surface area contributed by atoms with Crippen LogP contribution in [0.25, 0.3) is 11.1 Å². The van der Waals surface area contributed by atoms with Crippen LogP contribution >= 0.6 is 11.6 Å². The highest BCUT2D eigenvalue weighted by Crippen LogP contribution is 2.31. The van der Waals surface area contributed by atoms with Crippen molar-refractivity contribution in [3.05, 3.63) is 52.5 Å². The van der Waals surface area contributed by atoms with Crippen LogP contribution in [0.3, 0.4) is 0 Å². The first-order chi connectivity index (χ1) is 13.1. The molecule has 2 aromatic heterocycles. The highest BCUT2D eigenvalue weighted by Gasteiger charge is 2.25. The number of anilines is 1. The second-order valence-corrected chi connectivity index (χ2v) is 6.69. The third-order valence-corrected chi connectivity index (χ3v) is 4.95. The summed E-state index contributed by atoms with van der Waals surface area (Å²) < 4.78 is 11.1. The van der Waals surface area contributed by atoms with Crippen molar-refractivity contribution in [3.63, 3.8) is 0 Å². The van der Waals surface area contributed by atoms with Crippen molar-refractivity contribution in [1.29, 1.82) is 0 Å². The van der Waals surface area contributed by atoms with E-state index in [0.29, 0.717) is 66.1 Å². The van der Waals surface area contributed by atoms with Crippen LogP contribution in [0.4, 0.5) is 5.82 Å². The summed E-state index contributed by atoms with van der Waals surface area (Å²) in [5.74, 6) is 0.968. The standard InChI is InChI=1S/C19H19ClN4O3/c1-12-15(18(25)21-10-13-4-2-3-5-14(13)20)16-17(22-11-23-19(16)27-12)24-6-8-26-9-7-24/h2-5,11H,6-10H2,1H3,(H,21,25). The van der Waals surface area contributed by atoms with Crippen molar-refractivity contribution in [2.45, 2.75) is 13.5 Å². The fourth-order valence-corrected chi connectivity index (χ4v) is 3.43. The van der Waals surface area contributed by atoms with E-state index in [4.69, 9.17) is 20.8 Å². The predicted molar refractivity (Wildman–Crippen MR) is 102 cm³/mol. The number of amides is 1. The minimum Gasteiger partial charge on any atom is -0.442 e. The number of furan rings is 1. The number of fused-ring (bicyclic) bond motifs is 1. The average molecular weight is 387 g/mol. The molecule has 140 valence electrons. The molecule has 0 unspecified atom stereocenters. The number of morpholine rings is 1. The van der Waals surface area contributed by atoms with Gasteiger partial charge in [-0.25, -0.2) is 9.97 Å². The van der Waals surface area contributed by atoms with Crippen LogP contribution in [0.1, 0.15) is 21.7 Å². The Morgan fingerprint density at radius 3 is 2.81 bits per heavy atom. The van der Waals surface area contributed by atoms with Gasteiger partial charge in [-0.3, -0.25) is 4.79 Å². The number of hydrogen-bond acceptors (Lipinski definition) is 6. The first-order valence-corrected chi connectivity index (χ1v) is 9.11. The summed E-state index contributed by atoms with van der Waals surface area (Å²) >= 11 is 6.18. The van der Waals surface area contributed by atoms with E-state index in [1.54, 1.807) is 13.0 Å². The normalized spacial score (nSPS) is 14.5. The van der Waals surface area contributed by atoms with E-state index in [1.807, 2.05) is 18.2 Å². The van der Waals surface area contributed by atoms with Crippen LogP contribution in [0.2, 0.25) is 5.02 Å². The molecule has 1 amide bonds. The summed E-state index contributed by atoms with van der Waals surface area (Å²) in [4.78, 5) is 23.7. The number of nitrogens with zero attached hydrogens (tertiary/aromatic N) is 3. The molecule has 1 fully saturated rings. The highest BCUT2D eigenvalue weighted by atomic mass is 35.5. The molecule has 0 spiro atoms. The highest BCUT2D eigenvalue weighted by molar-refractivity contribution is 6.31. The first-order valence-electron chi connectivity index (χ1n) is 8.73. The average Bonchev–Trinajstić information content (AvgIpc) is 3.03. The summed E-state index contributed by atoms with van der Waals surface area (Å²) in [5, 5.41) is 4.17. The van der Waals surface area contributed by atoms with Crippen molar-refractivity contribution in [3.8, 4) is 0 Å². The van der Waals surface area contributed by atoms with Crippen LogP contribution in [0.5, 0.6) is 0 Å². The number of aromatic nitrogens is 2. The molecular weight excluding hydrogens is 368 g/mol. The number of ether oxygens (including phenoxy) is 1. The molecule has 27 heavy (non-hydrogen) atoms. The molecule has 0 saturated carbocycles. The van der Waals surface area contributed by atoms with Crippen LogP contribution in [-0.4, -0.2) is 42.2 Å². The van der Waals surface area contributed by atoms with Gasteiger partial charge in [0.25, 0.3) is 5.91 Å². The molecule has 0 bridgehead atoms. The number of rotatable bonds is 4. The van der Waals surface area contributed by atoms with E-state index in [1.165, 1.54) is 6.33 Å². The molecule has 1 aromatic carbocycles. The summed E-state index contributed by atoms with van der Waals surface area (Å²) in [6.45, 7) is 4.74. The Hall–Kier alpha value is -2.64. The van der Waals surface area contributed by atoms with Gasteiger partial charge >= 0.3 is 0 Å². The molecule has 3 aromatic rings. The molecule has 1 N–H and O–H groups in total. The SMILES string of the molecule is Cc1oc2ncnc(N3CCOCC3)c2c1C(=O)NCc1ccccc1Cl. The number of hydrogen-bond donors (Lipinski definition) is 1. The summed E-state index contributed by atoms with van der Waals surface area (Å²) in [5.41, 5.74) is 1.72. The van der Waals surface area contributed by atoms with Gasteiger partial charge in [0.05, 0.1) is 24.2 Å². The lowest BCUT2D eigenvalue weighted by molar-refractivity contribution is 0.0951. The van der Waals surface area contributed by atoms with E-state index in [0.717, 1.165) is 5.56 Å². The fraction of sp³-hybridized carbons (Fsp3) is 0.316. The van der Waals surface area contributed by atoms with Crippen molar-refractivity contribution in [1.82, 2.24) is 15.3 Å². The maximum atomic E-state index is 12.9. The van der Waals surface area contributed by atoms with Gasteiger partial charge < -0.3 is 19.4 Å². The first kappa shape index (κ1) is 17.8. The number of nitrogens with one attached hydrogen (secondary N) is 1. The third-order valence-electron chi connectivity index (χ3n) is 4.58. The zero-order chi connectivity index (χ0) is 18.8. The quantitative estimate of drug-likeness (QED) is 0.742. The lowest BCUT2D eigenvalue weighted by atomic mass is 10.1. The summed E-state index contributed by atoms with van der Waals surface area (Å²) in [6.07, 6.45) is 1.46. The van der Waals surface area contributed by atoms with E-state index >= 15 is 0 Å². The summed E-state index contributed by atoms with van der Waals surface area (Å²) in [7, 11) is 0. The van der Waals surface area contributed by atoms with Gasteiger partial charge in [0, 0.05) is 24.7 Å². The van der Waals surface area contributed by atoms with Gasteiger partial charge in [0.1, 0.15) is 17.9 Å². The Labute approximate surface area is 161 Å². The maximum absolute atomic E-state index is 12.9. The van der Waals surface area contributed by atoms with Crippen LogP contribution in [0.15, 0.2) is 35.0 Å². The zero-order valence-corrected chi connectivity index (χ0v) is 15.6. The molecule has 1 aliphatic heterocycles. The Morgan fingerprint density at radius 2 is 2.04 bits per heavy atom. The summed E-state index contributed by atoms with van der Waals surface area (Å²) in [6, 6.07) is 7.42. The minimum absolute atomic E-state index is 0.240. The number of aryl methyl sites for hydroxylation is 1. The second-order valence-electron chi connectivity index (χ2n) is 6.28. The smallest absolute Gasteiger partial charge is 0.255 e. The molecule has 0 aliphatic carbocycles. The number of halogens is 1. The molecular formula is C19H19ClN4O3. The fourth-order valence-electron chi connectivity index (χ4n) is 3.22. The van der Waals surface area contributed by atoms with Crippen molar-refractivity contribution >= 4 is 34.4 Å². The molecule has 3 heterocycles. The Kier molecular flexibility index (Phi) is 4.96. The van der Waals surface area contributed by atoms with E-state index in [9.17, 15) is 4.79 Å². The molecule has 1 saturated heterocycles. The number of carbonyl (C=O) groups excluding carboxylic acids is 1. The minimum atomic E-state index is -0.240. The molecule has 1 aliphatic rings. The Morgan fingerprint density at radius 1 is 1.26 bits per heavy atom. The molecule has 0 radical (unpaired) electrons. The van der Waals surface area contributed by atoms with Gasteiger partial charge in [0.2, 0.25) is 5.71 Å². The lowest BCUT2D eigenvalue weighted by Gasteiger charge is -2.28. The second kappa shape index (κ2) is 7.54. The van der Waals surface area contributed by atoms with E-state index < -0.39 is 0 Å². The maximum Gasteiger partial charge on any atom is 0.255 e. The van der Waals surface area contributed by atoms with Crippen LogP contribution in [0, 0.1) is 6.92 Å².